The van der Waals surface area contributed by atoms with Crippen molar-refractivity contribution in [1.29, 1.82) is 0 Å². The zero-order chi connectivity index (χ0) is 11.6. The molecule has 0 atom stereocenters. The summed E-state index contributed by atoms with van der Waals surface area (Å²) in [5, 5.41) is 0. The second-order valence-electron chi connectivity index (χ2n) is 2.66. The highest BCUT2D eigenvalue weighted by Gasteiger charge is 2.32. The molecule has 84 valence electrons. The van der Waals surface area contributed by atoms with Gasteiger partial charge in [0.25, 0.3) is 5.56 Å². The topological polar surface area (TPSA) is 94.1 Å². The molecule has 0 saturated carbocycles. The lowest BCUT2D eigenvalue weighted by Crippen LogP contribution is -2.23. The molecule has 1 aromatic heterocycles. The summed E-state index contributed by atoms with van der Waals surface area (Å²) in [4.78, 5) is 12.9. The second kappa shape index (κ2) is 3.81. The van der Waals surface area contributed by atoms with Gasteiger partial charge in [0.15, 0.2) is 0 Å². The fraction of sp³-hybridized carbons (Fsp3) is 0.286. The Bertz CT molecular complexity index is 413. The number of rotatable bonds is 2. The van der Waals surface area contributed by atoms with E-state index < -0.39 is 17.8 Å². The van der Waals surface area contributed by atoms with Gasteiger partial charge in [-0.3, -0.25) is 9.78 Å². The number of alkyl halides is 3. The van der Waals surface area contributed by atoms with Crippen molar-refractivity contribution in [3.8, 4) is 5.88 Å². The minimum absolute atomic E-state index is 0.0852. The van der Waals surface area contributed by atoms with Crippen LogP contribution in [0.4, 0.5) is 18.9 Å². The van der Waals surface area contributed by atoms with Crippen LogP contribution in [0.25, 0.3) is 0 Å². The number of ether oxygens (including phenoxy) is 1. The molecule has 0 saturated heterocycles. The third-order valence-corrected chi connectivity index (χ3v) is 1.55. The summed E-state index contributed by atoms with van der Waals surface area (Å²) in [7, 11) is 0. The zero-order valence-corrected chi connectivity index (χ0v) is 7.39. The van der Waals surface area contributed by atoms with Crippen molar-refractivity contribution < 1.29 is 17.9 Å². The first kappa shape index (κ1) is 11.4. The van der Waals surface area contributed by atoms with Gasteiger partial charge in [0.1, 0.15) is 0 Å². The van der Waals surface area contributed by atoms with E-state index in [1.165, 1.54) is 0 Å². The first-order valence-corrected chi connectivity index (χ1v) is 3.81. The van der Waals surface area contributed by atoms with E-state index in [9.17, 15) is 18.0 Å². The molecule has 0 aliphatic rings. The molecule has 0 amide bonds. The Hall–Kier alpha value is -1.70. The molecule has 0 unspecified atom stereocenters. The van der Waals surface area contributed by atoms with E-state index in [0.717, 1.165) is 6.07 Å². The minimum atomic E-state index is -4.90. The lowest BCUT2D eigenvalue weighted by Gasteiger charge is -2.10. The summed E-state index contributed by atoms with van der Waals surface area (Å²) in [6, 6.07) is 1.04. The van der Waals surface area contributed by atoms with Crippen LogP contribution >= 0.6 is 0 Å². The van der Waals surface area contributed by atoms with Crippen LogP contribution in [0.15, 0.2) is 10.9 Å². The van der Waals surface area contributed by atoms with Crippen LogP contribution in [0.5, 0.6) is 5.88 Å². The Labute approximate surface area is 81.8 Å². The predicted molar refractivity (Wildman–Crippen MR) is 46.0 cm³/mol. The van der Waals surface area contributed by atoms with E-state index >= 15 is 0 Å². The average Bonchev–Trinajstić information content (AvgIpc) is 2.08. The Morgan fingerprint density at radius 2 is 2.07 bits per heavy atom. The Morgan fingerprint density at radius 1 is 1.47 bits per heavy atom. The van der Waals surface area contributed by atoms with Crippen molar-refractivity contribution in [1.82, 2.24) is 4.98 Å². The molecule has 8 heteroatoms. The van der Waals surface area contributed by atoms with E-state index in [1.54, 1.807) is 0 Å². The Morgan fingerprint density at radius 3 is 2.53 bits per heavy atom. The van der Waals surface area contributed by atoms with Crippen molar-refractivity contribution in [3.05, 3.63) is 22.0 Å². The average molecular weight is 223 g/mol. The molecule has 0 radical (unpaired) electrons. The van der Waals surface area contributed by atoms with E-state index in [1.807, 2.05) is 4.98 Å². The van der Waals surface area contributed by atoms with E-state index in [0.29, 0.717) is 0 Å². The first-order valence-electron chi connectivity index (χ1n) is 3.81. The van der Waals surface area contributed by atoms with Crippen molar-refractivity contribution in [2.75, 3.05) is 5.73 Å². The Balaban J connectivity index is 3.11. The van der Waals surface area contributed by atoms with Crippen LogP contribution in [0.1, 0.15) is 5.56 Å². The number of hydrogen-bond donors (Lipinski definition) is 3. The highest BCUT2D eigenvalue weighted by Crippen LogP contribution is 2.24. The van der Waals surface area contributed by atoms with Crippen molar-refractivity contribution in [2.24, 2.45) is 5.73 Å². The van der Waals surface area contributed by atoms with Crippen molar-refractivity contribution in [2.45, 2.75) is 12.9 Å². The number of nitrogen functional groups attached to an aromatic ring is 1. The van der Waals surface area contributed by atoms with Gasteiger partial charge in [-0.25, -0.2) is 0 Å². The number of aromatic amines is 1. The Kier molecular flexibility index (Phi) is 2.89. The molecule has 1 heterocycles. The highest BCUT2D eigenvalue weighted by atomic mass is 19.4. The lowest BCUT2D eigenvalue weighted by molar-refractivity contribution is -0.275. The number of hydrogen-bond acceptors (Lipinski definition) is 4. The van der Waals surface area contributed by atoms with Gasteiger partial charge in [-0.15, -0.1) is 13.2 Å². The number of pyridine rings is 1. The minimum Gasteiger partial charge on any atom is -0.394 e. The maximum atomic E-state index is 11.8. The van der Waals surface area contributed by atoms with Crippen LogP contribution in [0.3, 0.4) is 0 Å². The van der Waals surface area contributed by atoms with Gasteiger partial charge in [0.2, 0.25) is 5.88 Å². The maximum Gasteiger partial charge on any atom is 0.574 e. The molecule has 5 N–H and O–H groups in total. The quantitative estimate of drug-likeness (QED) is 0.672. The van der Waals surface area contributed by atoms with Gasteiger partial charge in [-0.05, 0) is 6.07 Å². The van der Waals surface area contributed by atoms with Gasteiger partial charge in [0, 0.05) is 12.1 Å². The van der Waals surface area contributed by atoms with Crippen molar-refractivity contribution >= 4 is 5.69 Å². The van der Waals surface area contributed by atoms with Gasteiger partial charge in [-0.2, -0.15) is 0 Å². The molecular weight excluding hydrogens is 215 g/mol. The fourth-order valence-corrected chi connectivity index (χ4v) is 0.926. The van der Waals surface area contributed by atoms with Gasteiger partial charge < -0.3 is 16.2 Å². The SMILES string of the molecule is NCc1cc(N)c(OC(F)(F)F)[nH]c1=O. The number of H-pyrrole nitrogens is 1. The monoisotopic (exact) mass is 223 g/mol. The number of halogens is 3. The lowest BCUT2D eigenvalue weighted by atomic mass is 10.2. The standard InChI is InChI=1S/C7H8F3N3O2/c8-7(9,10)15-6-4(12)1-3(2-11)5(14)13-6/h1H,2,11-12H2,(H,13,14). The first-order chi connectivity index (χ1) is 6.83. The van der Waals surface area contributed by atoms with Crippen molar-refractivity contribution in [3.63, 3.8) is 0 Å². The van der Waals surface area contributed by atoms with E-state index in [-0.39, 0.29) is 17.8 Å². The van der Waals surface area contributed by atoms with Crippen LogP contribution < -0.4 is 21.8 Å². The molecule has 0 aliphatic carbocycles. The summed E-state index contributed by atoms with van der Waals surface area (Å²) in [5.74, 6) is -0.829. The van der Waals surface area contributed by atoms with E-state index in [4.69, 9.17) is 11.5 Å². The number of aromatic nitrogens is 1. The maximum absolute atomic E-state index is 11.8. The molecular formula is C7H8F3N3O2. The summed E-state index contributed by atoms with van der Waals surface area (Å²) >= 11 is 0. The van der Waals surface area contributed by atoms with Gasteiger partial charge in [-0.1, -0.05) is 0 Å². The number of nitrogens with two attached hydrogens (primary N) is 2. The third-order valence-electron chi connectivity index (χ3n) is 1.55. The van der Waals surface area contributed by atoms with Gasteiger partial charge >= 0.3 is 6.36 Å². The molecule has 5 nitrogen and oxygen atoms in total. The summed E-state index contributed by atoms with van der Waals surface area (Å²) in [5.41, 5.74) is 9.38. The third kappa shape index (κ3) is 2.88. The molecule has 1 rings (SSSR count). The fourth-order valence-electron chi connectivity index (χ4n) is 0.926. The van der Waals surface area contributed by atoms with E-state index in [2.05, 4.69) is 4.74 Å². The summed E-state index contributed by atoms with van der Waals surface area (Å²) < 4.78 is 38.9. The van der Waals surface area contributed by atoms with Crippen LogP contribution in [0, 0.1) is 0 Å². The second-order valence-corrected chi connectivity index (χ2v) is 2.66. The predicted octanol–water partition coefficient (Wildman–Crippen LogP) is 0.314. The van der Waals surface area contributed by atoms with Crippen LogP contribution in [-0.2, 0) is 6.54 Å². The molecule has 0 aliphatic heterocycles. The smallest absolute Gasteiger partial charge is 0.394 e. The highest BCUT2D eigenvalue weighted by molar-refractivity contribution is 5.49. The molecule has 0 bridgehead atoms. The molecule has 0 spiro atoms. The van der Waals surface area contributed by atoms with Crippen LogP contribution in [0.2, 0.25) is 0 Å². The number of anilines is 1. The molecule has 15 heavy (non-hydrogen) atoms. The number of nitrogens with one attached hydrogen (secondary N) is 1. The largest absolute Gasteiger partial charge is 0.574 e. The zero-order valence-electron chi connectivity index (χ0n) is 7.39. The summed E-state index contributed by atoms with van der Waals surface area (Å²) in [6.07, 6.45) is -4.90. The molecule has 1 aromatic rings. The molecule has 0 aromatic carbocycles. The van der Waals surface area contributed by atoms with Gasteiger partial charge in [0.05, 0.1) is 5.69 Å². The normalized spacial score (nSPS) is 11.5. The summed E-state index contributed by atoms with van der Waals surface area (Å²) in [6.45, 7) is -0.119. The molecule has 0 fully saturated rings. The van der Waals surface area contributed by atoms with Crippen LogP contribution in [-0.4, -0.2) is 11.3 Å².